The number of hydrogen-bond donors (Lipinski definition) is 2. The molecular formula is C13H11ClN2O4S. The molecule has 0 saturated heterocycles. The molecule has 2 aromatic rings. The monoisotopic (exact) mass is 326 g/mol. The van der Waals surface area contributed by atoms with Gasteiger partial charge in [-0.3, -0.25) is 14.2 Å². The summed E-state index contributed by atoms with van der Waals surface area (Å²) in [6, 6.07) is 4.74. The number of carboxylic acids is 1. The second-order valence-corrected chi connectivity index (χ2v) is 4.94. The summed E-state index contributed by atoms with van der Waals surface area (Å²) in [6.07, 6.45) is 0.912. The maximum atomic E-state index is 12.3. The third-order valence-corrected chi connectivity index (χ3v) is 3.38. The molecule has 0 radical (unpaired) electrons. The van der Waals surface area contributed by atoms with Crippen molar-refractivity contribution in [3.05, 3.63) is 50.1 Å². The molecule has 110 valence electrons. The van der Waals surface area contributed by atoms with Crippen molar-refractivity contribution in [1.29, 1.82) is 0 Å². The Hall–Kier alpha value is -2.12. The summed E-state index contributed by atoms with van der Waals surface area (Å²) in [6.45, 7) is 0. The number of methoxy groups -OCH3 is 1. The fourth-order valence-corrected chi connectivity index (χ4v) is 2.33. The molecule has 0 amide bonds. The van der Waals surface area contributed by atoms with Crippen LogP contribution in [0.2, 0.25) is 5.02 Å². The highest BCUT2D eigenvalue weighted by atomic mass is 35.5. The van der Waals surface area contributed by atoms with Gasteiger partial charge < -0.3 is 14.8 Å². The van der Waals surface area contributed by atoms with Crippen LogP contribution in [0.4, 0.5) is 0 Å². The first-order valence-electron chi connectivity index (χ1n) is 5.83. The Morgan fingerprint density at radius 2 is 2.24 bits per heavy atom. The highest BCUT2D eigenvalue weighted by Crippen LogP contribution is 2.26. The van der Waals surface area contributed by atoms with E-state index < -0.39 is 17.9 Å². The largest absolute Gasteiger partial charge is 0.495 e. The number of hydrogen-bond acceptors (Lipinski definition) is 4. The number of aromatic nitrogens is 2. The second-order valence-electron chi connectivity index (χ2n) is 4.15. The summed E-state index contributed by atoms with van der Waals surface area (Å²) in [4.78, 5) is 25.8. The second kappa shape index (κ2) is 6.11. The van der Waals surface area contributed by atoms with Crippen LogP contribution in [-0.4, -0.2) is 27.7 Å². The van der Waals surface area contributed by atoms with Gasteiger partial charge in [0.2, 0.25) is 0 Å². The lowest BCUT2D eigenvalue weighted by Gasteiger charge is -2.10. The van der Waals surface area contributed by atoms with E-state index in [9.17, 15) is 9.59 Å². The summed E-state index contributed by atoms with van der Waals surface area (Å²) in [5.41, 5.74) is 0.0321. The van der Waals surface area contributed by atoms with Gasteiger partial charge in [0, 0.05) is 11.8 Å². The van der Waals surface area contributed by atoms with Crippen LogP contribution in [0.3, 0.4) is 0 Å². The van der Waals surface area contributed by atoms with E-state index in [1.165, 1.54) is 23.9 Å². The van der Waals surface area contributed by atoms with E-state index in [-0.39, 0.29) is 10.3 Å². The smallest absolute Gasteiger partial charge is 0.308 e. The molecule has 0 spiro atoms. The molecule has 0 aliphatic heterocycles. The Balaban J connectivity index is 2.63. The van der Waals surface area contributed by atoms with E-state index in [0.29, 0.717) is 16.5 Å². The van der Waals surface area contributed by atoms with Crippen molar-refractivity contribution in [3.63, 3.8) is 0 Å². The minimum absolute atomic E-state index is 0.100. The Morgan fingerprint density at radius 3 is 2.81 bits per heavy atom. The number of benzene rings is 1. The van der Waals surface area contributed by atoms with Crippen LogP contribution in [-0.2, 0) is 11.2 Å². The van der Waals surface area contributed by atoms with Crippen molar-refractivity contribution in [3.8, 4) is 11.4 Å². The van der Waals surface area contributed by atoms with Crippen LogP contribution in [0, 0.1) is 4.77 Å². The van der Waals surface area contributed by atoms with Crippen LogP contribution >= 0.6 is 23.8 Å². The zero-order valence-corrected chi connectivity index (χ0v) is 12.5. The van der Waals surface area contributed by atoms with Crippen LogP contribution in [0.15, 0.2) is 29.2 Å². The van der Waals surface area contributed by atoms with E-state index in [2.05, 4.69) is 4.98 Å². The van der Waals surface area contributed by atoms with Gasteiger partial charge in [-0.15, -0.1) is 0 Å². The average Bonchev–Trinajstić information content (AvgIpc) is 2.42. The lowest BCUT2D eigenvalue weighted by atomic mass is 10.2. The van der Waals surface area contributed by atoms with E-state index >= 15 is 0 Å². The molecule has 1 aromatic heterocycles. The fraction of sp³-hybridized carbons (Fsp3) is 0.154. The first-order valence-corrected chi connectivity index (χ1v) is 6.62. The molecule has 0 saturated carbocycles. The number of carbonyl (C=O) groups is 1. The minimum Gasteiger partial charge on any atom is -0.495 e. The van der Waals surface area contributed by atoms with E-state index in [4.69, 9.17) is 33.7 Å². The van der Waals surface area contributed by atoms with Crippen LogP contribution < -0.4 is 10.3 Å². The van der Waals surface area contributed by atoms with Gasteiger partial charge in [0.25, 0.3) is 5.56 Å². The van der Waals surface area contributed by atoms with Gasteiger partial charge in [-0.05, 0) is 30.4 Å². The van der Waals surface area contributed by atoms with Gasteiger partial charge in [0.15, 0.2) is 4.77 Å². The maximum Gasteiger partial charge on any atom is 0.308 e. The quantitative estimate of drug-likeness (QED) is 0.841. The zero-order valence-electron chi connectivity index (χ0n) is 10.9. The summed E-state index contributed by atoms with van der Waals surface area (Å²) in [5.74, 6) is -0.637. The Morgan fingerprint density at radius 1 is 1.52 bits per heavy atom. The fourth-order valence-electron chi connectivity index (χ4n) is 1.83. The van der Waals surface area contributed by atoms with Gasteiger partial charge in [-0.25, -0.2) is 0 Å². The topological polar surface area (TPSA) is 84.3 Å². The van der Waals surface area contributed by atoms with Crippen molar-refractivity contribution >= 4 is 29.8 Å². The molecule has 0 aliphatic rings. The summed E-state index contributed by atoms with van der Waals surface area (Å²) < 4.78 is 6.38. The van der Waals surface area contributed by atoms with Gasteiger partial charge in [-0.2, -0.15) is 0 Å². The zero-order chi connectivity index (χ0) is 15.6. The first-order chi connectivity index (χ1) is 9.93. The number of nitrogens with zero attached hydrogens (tertiary/aromatic N) is 1. The number of rotatable bonds is 4. The number of aliphatic carboxylic acids is 1. The molecule has 8 heteroatoms. The predicted octanol–water partition coefficient (Wildman–Crippen LogP) is 2.18. The van der Waals surface area contributed by atoms with Crippen molar-refractivity contribution in [2.75, 3.05) is 7.11 Å². The summed E-state index contributed by atoms with van der Waals surface area (Å²) >= 11 is 11.1. The number of H-pyrrole nitrogens is 1. The molecule has 6 nitrogen and oxygen atoms in total. The van der Waals surface area contributed by atoms with Gasteiger partial charge in [0.05, 0.1) is 24.2 Å². The van der Waals surface area contributed by atoms with Crippen LogP contribution in [0.1, 0.15) is 5.56 Å². The Bertz CT molecular complexity index is 813. The van der Waals surface area contributed by atoms with E-state index in [1.807, 2.05) is 0 Å². The number of carboxylic acid groups (broad SMARTS) is 1. The summed E-state index contributed by atoms with van der Waals surface area (Å²) in [7, 11) is 1.48. The van der Waals surface area contributed by atoms with Gasteiger partial charge >= 0.3 is 5.97 Å². The molecule has 2 N–H and O–H groups in total. The van der Waals surface area contributed by atoms with E-state index in [0.717, 1.165) is 0 Å². The Labute approximate surface area is 129 Å². The molecule has 1 aromatic carbocycles. The normalized spacial score (nSPS) is 10.4. The number of aromatic amines is 1. The third kappa shape index (κ3) is 3.14. The number of halogens is 1. The molecule has 1 heterocycles. The summed E-state index contributed by atoms with van der Waals surface area (Å²) in [5, 5.41) is 9.13. The lowest BCUT2D eigenvalue weighted by Crippen LogP contribution is -2.25. The lowest BCUT2D eigenvalue weighted by molar-refractivity contribution is -0.136. The predicted molar refractivity (Wildman–Crippen MR) is 80.1 cm³/mol. The molecular weight excluding hydrogens is 316 g/mol. The van der Waals surface area contributed by atoms with Gasteiger partial charge in [0.1, 0.15) is 5.75 Å². The molecule has 2 rings (SSSR count). The first kappa shape index (κ1) is 15.3. The van der Waals surface area contributed by atoms with Crippen molar-refractivity contribution in [2.45, 2.75) is 6.42 Å². The van der Waals surface area contributed by atoms with Gasteiger partial charge in [-0.1, -0.05) is 11.6 Å². The highest BCUT2D eigenvalue weighted by Gasteiger charge is 2.12. The molecule has 0 aliphatic carbocycles. The van der Waals surface area contributed by atoms with E-state index in [1.54, 1.807) is 12.1 Å². The number of ether oxygens (including phenoxy) is 1. The minimum atomic E-state index is -1.10. The highest BCUT2D eigenvalue weighted by molar-refractivity contribution is 7.71. The van der Waals surface area contributed by atoms with Crippen LogP contribution in [0.5, 0.6) is 5.75 Å². The molecule has 0 bridgehead atoms. The SMILES string of the molecule is COc1ccc(-n2c(=S)[nH]cc(CC(=O)O)c2=O)cc1Cl. The molecule has 0 atom stereocenters. The molecule has 0 unspecified atom stereocenters. The molecule has 0 fully saturated rings. The average molecular weight is 327 g/mol. The van der Waals surface area contributed by atoms with Crippen molar-refractivity contribution < 1.29 is 14.6 Å². The van der Waals surface area contributed by atoms with Crippen molar-refractivity contribution in [1.82, 2.24) is 9.55 Å². The third-order valence-electron chi connectivity index (χ3n) is 2.79. The van der Waals surface area contributed by atoms with Crippen molar-refractivity contribution in [2.24, 2.45) is 0 Å². The Kier molecular flexibility index (Phi) is 4.44. The number of nitrogens with one attached hydrogen (secondary N) is 1. The van der Waals surface area contributed by atoms with Crippen LogP contribution in [0.25, 0.3) is 5.69 Å². The standard InChI is InChI=1S/C13H11ClN2O4S/c1-20-10-3-2-8(5-9(10)14)16-12(19)7(4-11(17)18)6-15-13(16)21/h2-3,5-6H,4H2,1H3,(H,15,21)(H,17,18). The maximum absolute atomic E-state index is 12.3. The molecule has 21 heavy (non-hydrogen) atoms.